The van der Waals surface area contributed by atoms with Crippen molar-refractivity contribution in [3.63, 3.8) is 0 Å². The van der Waals surface area contributed by atoms with E-state index in [4.69, 9.17) is 23.1 Å². The van der Waals surface area contributed by atoms with Crippen molar-refractivity contribution in [3.05, 3.63) is 64.7 Å². The Bertz CT molecular complexity index is 1090. The smallest absolute Gasteiger partial charge is 0.240 e. The average Bonchev–Trinajstić information content (AvgIpc) is 2.76. The minimum atomic E-state index is -3.94. The predicted molar refractivity (Wildman–Crippen MR) is 125 cm³/mol. The summed E-state index contributed by atoms with van der Waals surface area (Å²) in [5.74, 6) is -1.82. The van der Waals surface area contributed by atoms with Gasteiger partial charge in [-0.1, -0.05) is 35.9 Å². The van der Waals surface area contributed by atoms with Crippen LogP contribution in [0.3, 0.4) is 0 Å². The molecule has 33 heavy (non-hydrogen) atoms. The summed E-state index contributed by atoms with van der Waals surface area (Å²) in [5.41, 5.74) is 12.4. The number of halogens is 1. The van der Waals surface area contributed by atoms with E-state index in [1.165, 1.54) is 12.1 Å². The van der Waals surface area contributed by atoms with Gasteiger partial charge in [0.05, 0.1) is 24.6 Å². The molecule has 0 unspecified atom stereocenters. The SMILES string of the molecule is NC(N)=Nc1ccc(CNC(=O)CNC(=O)[C@@H](CO)NS(=O)(=O)Cc2ccc(Cl)cc2)cc1. The standard InChI is InChI=1S/C20H25ClN6O5S/c21-15-5-1-14(2-6-15)12-33(31,32)27-17(11-28)19(30)25-10-18(29)24-9-13-3-7-16(8-4-13)26-20(22)23/h1-8,17,27-28H,9-12H2,(H,24,29)(H,25,30)(H4,22,23,26)/t17-/m1/s1. The Morgan fingerprint density at radius 1 is 1.00 bits per heavy atom. The quantitative estimate of drug-likeness (QED) is 0.178. The van der Waals surface area contributed by atoms with Gasteiger partial charge in [-0.05, 0) is 35.4 Å². The zero-order valence-electron chi connectivity index (χ0n) is 17.5. The largest absolute Gasteiger partial charge is 0.394 e. The maximum absolute atomic E-state index is 12.3. The fourth-order valence-corrected chi connectivity index (χ4v) is 4.08. The molecule has 13 heteroatoms. The molecule has 1 atom stereocenters. The van der Waals surface area contributed by atoms with E-state index in [-0.39, 0.29) is 12.5 Å². The molecule has 0 bridgehead atoms. The molecule has 2 aromatic rings. The van der Waals surface area contributed by atoms with Crippen LogP contribution in [-0.4, -0.2) is 50.5 Å². The maximum atomic E-state index is 12.3. The van der Waals surface area contributed by atoms with Gasteiger partial charge in [-0.15, -0.1) is 0 Å². The number of nitrogens with zero attached hydrogens (tertiary/aromatic N) is 1. The van der Waals surface area contributed by atoms with Crippen LogP contribution in [0.1, 0.15) is 11.1 Å². The second-order valence-corrected chi connectivity index (χ2v) is 9.13. The molecule has 0 aliphatic heterocycles. The van der Waals surface area contributed by atoms with Gasteiger partial charge in [0, 0.05) is 11.6 Å². The van der Waals surface area contributed by atoms with Gasteiger partial charge in [-0.3, -0.25) is 9.59 Å². The van der Waals surface area contributed by atoms with E-state index in [0.717, 1.165) is 5.56 Å². The van der Waals surface area contributed by atoms with E-state index < -0.39 is 46.8 Å². The molecule has 0 aliphatic carbocycles. The third-order valence-electron chi connectivity index (χ3n) is 4.20. The van der Waals surface area contributed by atoms with Crippen LogP contribution in [0.5, 0.6) is 0 Å². The first kappa shape index (κ1) is 26.1. The van der Waals surface area contributed by atoms with Gasteiger partial charge in [-0.25, -0.2) is 18.1 Å². The Hall–Kier alpha value is -3.19. The first-order valence-electron chi connectivity index (χ1n) is 9.66. The summed E-state index contributed by atoms with van der Waals surface area (Å²) in [4.78, 5) is 28.1. The molecule has 0 aliphatic rings. The Balaban J connectivity index is 1.81. The third kappa shape index (κ3) is 9.45. The van der Waals surface area contributed by atoms with Crippen molar-refractivity contribution in [1.29, 1.82) is 0 Å². The summed E-state index contributed by atoms with van der Waals surface area (Å²) < 4.78 is 26.7. The molecule has 2 rings (SSSR count). The number of guanidine groups is 1. The number of carbonyl (C=O) groups is 2. The first-order valence-corrected chi connectivity index (χ1v) is 11.7. The van der Waals surface area contributed by atoms with Crippen molar-refractivity contribution in [2.24, 2.45) is 16.5 Å². The second kappa shape index (κ2) is 12.2. The Morgan fingerprint density at radius 3 is 2.18 bits per heavy atom. The van der Waals surface area contributed by atoms with E-state index >= 15 is 0 Å². The van der Waals surface area contributed by atoms with Gasteiger partial charge in [0.1, 0.15) is 6.04 Å². The number of nitrogens with one attached hydrogen (secondary N) is 3. The van der Waals surface area contributed by atoms with Gasteiger partial charge >= 0.3 is 0 Å². The molecule has 2 aromatic carbocycles. The number of sulfonamides is 1. The van der Waals surface area contributed by atoms with Crippen LogP contribution in [0.2, 0.25) is 5.02 Å². The van der Waals surface area contributed by atoms with Crippen molar-refractivity contribution in [2.45, 2.75) is 18.3 Å². The topological polar surface area (TPSA) is 189 Å². The molecule has 0 saturated carbocycles. The zero-order valence-corrected chi connectivity index (χ0v) is 19.1. The molecule has 178 valence electrons. The number of nitrogens with two attached hydrogens (primary N) is 2. The van der Waals surface area contributed by atoms with Crippen LogP contribution in [-0.2, 0) is 31.9 Å². The average molecular weight is 497 g/mol. The normalized spacial score (nSPS) is 11.9. The Kier molecular flexibility index (Phi) is 9.60. The number of hydrogen-bond acceptors (Lipinski definition) is 6. The van der Waals surface area contributed by atoms with E-state index in [1.807, 2.05) is 0 Å². The molecule has 0 fully saturated rings. The van der Waals surface area contributed by atoms with Gasteiger partial charge < -0.3 is 27.2 Å². The van der Waals surface area contributed by atoms with Crippen LogP contribution in [0.4, 0.5) is 5.69 Å². The highest BCUT2D eigenvalue weighted by Crippen LogP contribution is 2.13. The lowest BCUT2D eigenvalue weighted by Crippen LogP contribution is -2.50. The zero-order chi connectivity index (χ0) is 24.4. The lowest BCUT2D eigenvalue weighted by Gasteiger charge is -2.16. The van der Waals surface area contributed by atoms with E-state index in [2.05, 4.69) is 20.3 Å². The molecule has 2 amide bonds. The lowest BCUT2D eigenvalue weighted by molar-refractivity contribution is -0.127. The summed E-state index contributed by atoms with van der Waals surface area (Å²) in [7, 11) is -3.94. The van der Waals surface area contributed by atoms with Crippen molar-refractivity contribution in [2.75, 3.05) is 13.2 Å². The van der Waals surface area contributed by atoms with Crippen molar-refractivity contribution >= 4 is 45.1 Å². The van der Waals surface area contributed by atoms with Crippen LogP contribution < -0.4 is 26.8 Å². The molecule has 0 saturated heterocycles. The monoisotopic (exact) mass is 496 g/mol. The van der Waals surface area contributed by atoms with Crippen molar-refractivity contribution < 1.29 is 23.1 Å². The highest BCUT2D eigenvalue weighted by molar-refractivity contribution is 7.88. The lowest BCUT2D eigenvalue weighted by atomic mass is 10.2. The fraction of sp³-hybridized carbons (Fsp3) is 0.250. The summed E-state index contributed by atoms with van der Waals surface area (Å²) in [6.45, 7) is -0.996. The molecular formula is C20H25ClN6O5S. The third-order valence-corrected chi connectivity index (χ3v) is 5.81. The van der Waals surface area contributed by atoms with E-state index in [1.54, 1.807) is 36.4 Å². The molecular weight excluding hydrogens is 472 g/mol. The summed E-state index contributed by atoms with van der Waals surface area (Å²) in [6.07, 6.45) is 0. The second-order valence-electron chi connectivity index (χ2n) is 6.94. The van der Waals surface area contributed by atoms with E-state index in [9.17, 15) is 23.1 Å². The van der Waals surface area contributed by atoms with Crippen LogP contribution >= 0.6 is 11.6 Å². The number of rotatable bonds is 11. The highest BCUT2D eigenvalue weighted by Gasteiger charge is 2.24. The van der Waals surface area contributed by atoms with Crippen molar-refractivity contribution in [3.8, 4) is 0 Å². The van der Waals surface area contributed by atoms with Crippen molar-refractivity contribution in [1.82, 2.24) is 15.4 Å². The summed E-state index contributed by atoms with van der Waals surface area (Å²) >= 11 is 5.77. The maximum Gasteiger partial charge on any atom is 0.240 e. The number of aliphatic hydroxyl groups is 1. The number of hydrogen-bond donors (Lipinski definition) is 6. The minimum absolute atomic E-state index is 0.0692. The van der Waals surface area contributed by atoms with E-state index in [0.29, 0.717) is 16.3 Å². The Labute approximate surface area is 196 Å². The predicted octanol–water partition coefficient (Wildman–Crippen LogP) is -0.542. The molecule has 11 nitrogen and oxygen atoms in total. The van der Waals surface area contributed by atoms with Gasteiger partial charge in [0.25, 0.3) is 0 Å². The Morgan fingerprint density at radius 2 is 1.61 bits per heavy atom. The van der Waals surface area contributed by atoms with Crippen LogP contribution in [0.15, 0.2) is 53.5 Å². The first-order chi connectivity index (χ1) is 15.6. The summed E-state index contributed by atoms with van der Waals surface area (Å²) in [6, 6.07) is 11.5. The number of aliphatic imine (C=N–C) groups is 1. The number of aliphatic hydroxyl groups excluding tert-OH is 1. The molecule has 0 spiro atoms. The van der Waals surface area contributed by atoms with Crippen LogP contribution in [0.25, 0.3) is 0 Å². The molecule has 0 radical (unpaired) electrons. The van der Waals surface area contributed by atoms with Gasteiger partial charge in [-0.2, -0.15) is 0 Å². The highest BCUT2D eigenvalue weighted by atomic mass is 35.5. The summed E-state index contributed by atoms with van der Waals surface area (Å²) in [5, 5.41) is 14.8. The van der Waals surface area contributed by atoms with Crippen LogP contribution in [0, 0.1) is 0 Å². The number of carbonyl (C=O) groups excluding carboxylic acids is 2. The minimum Gasteiger partial charge on any atom is -0.394 e. The number of amides is 2. The molecule has 0 heterocycles. The fourth-order valence-electron chi connectivity index (χ4n) is 2.62. The number of benzene rings is 2. The molecule has 0 aromatic heterocycles. The molecule has 8 N–H and O–H groups in total. The van der Waals surface area contributed by atoms with Gasteiger partial charge in [0.2, 0.25) is 21.8 Å². The van der Waals surface area contributed by atoms with Gasteiger partial charge in [0.15, 0.2) is 5.96 Å².